The third-order valence-corrected chi connectivity index (χ3v) is 4.89. The monoisotopic (exact) mass is 283 g/mol. The second-order valence-electron chi connectivity index (χ2n) is 6.49. The van der Waals surface area contributed by atoms with E-state index in [1.165, 1.54) is 25.1 Å². The van der Waals surface area contributed by atoms with Gasteiger partial charge in [-0.15, -0.1) is 0 Å². The molecule has 2 nitrogen and oxygen atoms in total. The molecule has 0 atom stereocenters. The van der Waals surface area contributed by atoms with Crippen LogP contribution >= 0.6 is 0 Å². The van der Waals surface area contributed by atoms with E-state index >= 15 is 0 Å². The average Bonchev–Trinajstić information content (AvgIpc) is 3.25. The van der Waals surface area contributed by atoms with E-state index < -0.39 is 5.95 Å². The summed E-state index contributed by atoms with van der Waals surface area (Å²) < 4.78 is 19.7. The summed E-state index contributed by atoms with van der Waals surface area (Å²) in [6.45, 7) is 0.570. The van der Waals surface area contributed by atoms with Crippen molar-refractivity contribution < 1.29 is 9.13 Å². The zero-order valence-electron chi connectivity index (χ0n) is 11.9. The third kappa shape index (κ3) is 2.36. The lowest BCUT2D eigenvalue weighted by Crippen LogP contribution is -2.45. The summed E-state index contributed by atoms with van der Waals surface area (Å²) in [5, 5.41) is 0. The molecule has 0 bridgehead atoms. The van der Waals surface area contributed by atoms with Gasteiger partial charge in [0.25, 0.3) is 0 Å². The molecular weight excluding hydrogens is 265 g/mol. The number of rotatable bonds is 4. The van der Waals surface area contributed by atoms with Gasteiger partial charge >= 0.3 is 0 Å². The Bertz CT molecular complexity index is 643. The van der Waals surface area contributed by atoms with Gasteiger partial charge in [-0.05, 0) is 54.4 Å². The smallest absolute Gasteiger partial charge is 0.213 e. The lowest BCUT2D eigenvalue weighted by Gasteiger charge is -2.48. The number of ether oxygens (including phenoxy) is 1. The van der Waals surface area contributed by atoms with E-state index in [1.54, 1.807) is 0 Å². The van der Waals surface area contributed by atoms with Gasteiger partial charge in [0.05, 0.1) is 12.2 Å². The molecule has 0 unspecified atom stereocenters. The minimum atomic E-state index is -0.424. The minimum absolute atomic E-state index is 0.323. The van der Waals surface area contributed by atoms with E-state index in [1.807, 2.05) is 24.3 Å². The molecule has 4 rings (SSSR count). The number of hydrogen-bond acceptors (Lipinski definition) is 2. The van der Waals surface area contributed by atoms with Crippen LogP contribution in [-0.4, -0.2) is 4.98 Å². The second kappa shape index (κ2) is 4.63. The van der Waals surface area contributed by atoms with Gasteiger partial charge in [0.1, 0.15) is 0 Å². The Hall–Kier alpha value is -1.74. The summed E-state index contributed by atoms with van der Waals surface area (Å²) in [5.41, 5.74) is 2.25. The molecule has 0 N–H and O–H groups in total. The maximum absolute atomic E-state index is 13.5. The fourth-order valence-electron chi connectivity index (χ4n) is 3.56. The summed E-state index contributed by atoms with van der Waals surface area (Å²) in [5.74, 6) is -0.424. The summed E-state index contributed by atoms with van der Waals surface area (Å²) in [6.07, 6.45) is 6.14. The lowest BCUT2D eigenvalue weighted by atomic mass is 9.64. The Morgan fingerprint density at radius 3 is 2.52 bits per heavy atom. The highest BCUT2D eigenvalue weighted by Gasteiger charge is 2.62. The van der Waals surface area contributed by atoms with Crippen molar-refractivity contribution in [2.75, 3.05) is 0 Å². The normalized spacial score (nSPS) is 21.0. The standard InChI is InChI=1S/C18H18FNO/c19-16-10-15(6-9-20-16)18(12-17(13-18)7-8-17)21-11-14-4-2-1-3-5-14/h1-6,9-10H,7-8,11-13H2. The van der Waals surface area contributed by atoms with Gasteiger partial charge in [-0.25, -0.2) is 4.98 Å². The fourth-order valence-corrected chi connectivity index (χ4v) is 3.56. The first-order chi connectivity index (χ1) is 10.2. The third-order valence-electron chi connectivity index (χ3n) is 4.89. The number of nitrogens with zero attached hydrogens (tertiary/aromatic N) is 1. The van der Waals surface area contributed by atoms with Crippen LogP contribution in [0.25, 0.3) is 0 Å². The van der Waals surface area contributed by atoms with Crippen molar-refractivity contribution in [1.82, 2.24) is 4.98 Å². The van der Waals surface area contributed by atoms with Crippen molar-refractivity contribution in [3.05, 3.63) is 65.7 Å². The molecule has 1 heterocycles. The lowest BCUT2D eigenvalue weighted by molar-refractivity contribution is -0.154. The SMILES string of the molecule is Fc1cc(C2(OCc3ccccc3)CC3(CC3)C2)ccn1. The highest BCUT2D eigenvalue weighted by atomic mass is 19.1. The molecule has 0 aliphatic heterocycles. The second-order valence-corrected chi connectivity index (χ2v) is 6.49. The Morgan fingerprint density at radius 1 is 1.10 bits per heavy atom. The largest absolute Gasteiger partial charge is 0.366 e. The van der Waals surface area contributed by atoms with Gasteiger partial charge < -0.3 is 4.74 Å². The van der Waals surface area contributed by atoms with E-state index in [0.29, 0.717) is 12.0 Å². The molecule has 1 aromatic carbocycles. The molecule has 1 aromatic heterocycles. The van der Waals surface area contributed by atoms with Crippen LogP contribution in [0.4, 0.5) is 4.39 Å². The van der Waals surface area contributed by atoms with Crippen LogP contribution in [0.1, 0.15) is 36.8 Å². The zero-order chi connectivity index (χ0) is 14.3. The van der Waals surface area contributed by atoms with E-state index in [9.17, 15) is 4.39 Å². The molecule has 2 aliphatic carbocycles. The summed E-state index contributed by atoms with van der Waals surface area (Å²) in [6, 6.07) is 13.6. The van der Waals surface area contributed by atoms with Crippen LogP contribution < -0.4 is 0 Å². The van der Waals surface area contributed by atoms with Crippen molar-refractivity contribution in [2.45, 2.75) is 37.9 Å². The van der Waals surface area contributed by atoms with Gasteiger partial charge in [0.2, 0.25) is 5.95 Å². The average molecular weight is 283 g/mol. The van der Waals surface area contributed by atoms with Gasteiger partial charge in [-0.1, -0.05) is 30.3 Å². The van der Waals surface area contributed by atoms with Gasteiger partial charge in [-0.3, -0.25) is 0 Å². The van der Waals surface area contributed by atoms with Crippen molar-refractivity contribution in [2.24, 2.45) is 5.41 Å². The molecule has 0 amide bonds. The van der Waals surface area contributed by atoms with Crippen LogP contribution in [0, 0.1) is 11.4 Å². The Balaban J connectivity index is 1.57. The molecule has 0 radical (unpaired) electrons. The predicted molar refractivity (Wildman–Crippen MR) is 78.0 cm³/mol. The van der Waals surface area contributed by atoms with E-state index in [-0.39, 0.29) is 5.60 Å². The Kier molecular flexibility index (Phi) is 2.86. The number of benzene rings is 1. The zero-order valence-corrected chi connectivity index (χ0v) is 11.9. The van der Waals surface area contributed by atoms with Crippen LogP contribution in [0.3, 0.4) is 0 Å². The quantitative estimate of drug-likeness (QED) is 0.784. The maximum Gasteiger partial charge on any atom is 0.213 e. The molecule has 2 fully saturated rings. The van der Waals surface area contributed by atoms with E-state index in [2.05, 4.69) is 17.1 Å². The first kappa shape index (κ1) is 13.0. The van der Waals surface area contributed by atoms with Crippen molar-refractivity contribution in [3.8, 4) is 0 Å². The molecule has 21 heavy (non-hydrogen) atoms. The molecular formula is C18H18FNO. The van der Waals surface area contributed by atoms with Crippen LogP contribution in [-0.2, 0) is 16.9 Å². The van der Waals surface area contributed by atoms with Crippen molar-refractivity contribution in [1.29, 1.82) is 0 Å². The van der Waals surface area contributed by atoms with Crippen LogP contribution in [0.5, 0.6) is 0 Å². The number of hydrogen-bond donors (Lipinski definition) is 0. The maximum atomic E-state index is 13.5. The summed E-state index contributed by atoms with van der Waals surface area (Å²) in [7, 11) is 0. The summed E-state index contributed by atoms with van der Waals surface area (Å²) in [4.78, 5) is 3.66. The van der Waals surface area contributed by atoms with Gasteiger partial charge in [0, 0.05) is 6.20 Å². The topological polar surface area (TPSA) is 22.1 Å². The molecule has 0 saturated heterocycles. The number of aromatic nitrogens is 1. The molecule has 2 saturated carbocycles. The summed E-state index contributed by atoms with van der Waals surface area (Å²) >= 11 is 0. The molecule has 108 valence electrons. The predicted octanol–water partition coefficient (Wildman–Crippen LogP) is 4.21. The van der Waals surface area contributed by atoms with Gasteiger partial charge in [0.15, 0.2) is 0 Å². The van der Waals surface area contributed by atoms with Crippen molar-refractivity contribution >= 4 is 0 Å². The minimum Gasteiger partial charge on any atom is -0.366 e. The molecule has 1 spiro atoms. The first-order valence-corrected chi connectivity index (χ1v) is 7.50. The Morgan fingerprint density at radius 2 is 1.86 bits per heavy atom. The molecule has 2 aliphatic rings. The highest BCUT2D eigenvalue weighted by molar-refractivity contribution is 5.29. The van der Waals surface area contributed by atoms with Crippen LogP contribution in [0.2, 0.25) is 0 Å². The molecule has 3 heteroatoms. The highest BCUT2D eigenvalue weighted by Crippen LogP contribution is 2.69. The van der Waals surface area contributed by atoms with Crippen LogP contribution in [0.15, 0.2) is 48.7 Å². The Labute approximate surface area is 124 Å². The number of halogens is 1. The fraction of sp³-hybridized carbons (Fsp3) is 0.389. The van der Waals surface area contributed by atoms with E-state index in [0.717, 1.165) is 24.0 Å². The van der Waals surface area contributed by atoms with E-state index in [4.69, 9.17) is 4.74 Å². The first-order valence-electron chi connectivity index (χ1n) is 7.50. The molecule has 2 aromatic rings. The van der Waals surface area contributed by atoms with Crippen molar-refractivity contribution in [3.63, 3.8) is 0 Å². The number of pyridine rings is 1. The van der Waals surface area contributed by atoms with Gasteiger partial charge in [-0.2, -0.15) is 4.39 Å².